The molecule has 0 bridgehead atoms. The van der Waals surface area contributed by atoms with Gasteiger partial charge in [0.25, 0.3) is 0 Å². The van der Waals surface area contributed by atoms with E-state index in [4.69, 9.17) is 9.15 Å². The third kappa shape index (κ3) is 2.26. The first kappa shape index (κ1) is 12.0. The smallest absolute Gasteiger partial charge is 0.336 e. The van der Waals surface area contributed by atoms with Crippen molar-refractivity contribution in [2.24, 2.45) is 0 Å². The lowest BCUT2D eigenvalue weighted by molar-refractivity contribution is -0.142. The van der Waals surface area contributed by atoms with Crippen LogP contribution >= 0.6 is 0 Å². The van der Waals surface area contributed by atoms with E-state index in [0.717, 1.165) is 24.6 Å². The number of benzene rings is 1. The summed E-state index contributed by atoms with van der Waals surface area (Å²) in [5.74, 6) is -0.359. The van der Waals surface area contributed by atoms with Crippen molar-refractivity contribution in [2.75, 3.05) is 0 Å². The van der Waals surface area contributed by atoms with Gasteiger partial charge in [-0.25, -0.2) is 4.79 Å². The van der Waals surface area contributed by atoms with Crippen molar-refractivity contribution in [3.05, 3.63) is 45.3 Å². The minimum atomic E-state index is -0.410. The van der Waals surface area contributed by atoms with Gasteiger partial charge in [-0.05, 0) is 42.5 Å². The van der Waals surface area contributed by atoms with Gasteiger partial charge in [0.2, 0.25) is 0 Å². The summed E-state index contributed by atoms with van der Waals surface area (Å²) in [6.45, 7) is 1.46. The summed E-state index contributed by atoms with van der Waals surface area (Å²) >= 11 is 0. The van der Waals surface area contributed by atoms with Gasteiger partial charge in [-0.1, -0.05) is 0 Å². The molecule has 0 saturated heterocycles. The molecule has 1 aromatic heterocycles. The largest absolute Gasteiger partial charge is 0.461 e. The van der Waals surface area contributed by atoms with Gasteiger partial charge in [-0.2, -0.15) is 0 Å². The monoisotopic (exact) mass is 258 g/mol. The van der Waals surface area contributed by atoms with Crippen LogP contribution in [0.3, 0.4) is 0 Å². The molecule has 4 heteroatoms. The zero-order valence-electron chi connectivity index (χ0n) is 10.7. The van der Waals surface area contributed by atoms with Crippen molar-refractivity contribution in [3.8, 4) is 0 Å². The number of esters is 1. The molecule has 0 radical (unpaired) electrons. The fourth-order valence-corrected chi connectivity index (χ4v) is 2.59. The molecule has 1 aromatic carbocycles. The Balaban J connectivity index is 2.14. The Bertz CT molecular complexity index is 712. The van der Waals surface area contributed by atoms with Crippen molar-refractivity contribution < 1.29 is 13.9 Å². The quantitative estimate of drug-likeness (QED) is 0.613. The summed E-state index contributed by atoms with van der Waals surface area (Å²) in [7, 11) is 0. The van der Waals surface area contributed by atoms with E-state index in [-0.39, 0.29) is 12.6 Å². The van der Waals surface area contributed by atoms with E-state index in [1.54, 1.807) is 0 Å². The molecule has 4 nitrogen and oxygen atoms in total. The van der Waals surface area contributed by atoms with Gasteiger partial charge in [0.05, 0.1) is 0 Å². The van der Waals surface area contributed by atoms with Gasteiger partial charge in [0.1, 0.15) is 12.2 Å². The average Bonchev–Trinajstić information content (AvgIpc) is 2.80. The molecule has 0 saturated carbocycles. The second kappa shape index (κ2) is 4.53. The molecular formula is C15H14O4. The first-order chi connectivity index (χ1) is 9.13. The van der Waals surface area contributed by atoms with Crippen molar-refractivity contribution in [2.45, 2.75) is 32.8 Å². The lowest BCUT2D eigenvalue weighted by Crippen LogP contribution is -2.05. The van der Waals surface area contributed by atoms with Gasteiger partial charge in [0.15, 0.2) is 0 Å². The maximum atomic E-state index is 11.5. The van der Waals surface area contributed by atoms with Gasteiger partial charge < -0.3 is 9.15 Å². The van der Waals surface area contributed by atoms with E-state index in [1.807, 2.05) is 6.07 Å². The molecule has 1 heterocycles. The van der Waals surface area contributed by atoms with E-state index >= 15 is 0 Å². The predicted molar refractivity (Wildman–Crippen MR) is 70.0 cm³/mol. The number of ether oxygens (including phenoxy) is 1. The highest BCUT2D eigenvalue weighted by molar-refractivity contribution is 5.82. The zero-order valence-corrected chi connectivity index (χ0v) is 10.7. The van der Waals surface area contributed by atoms with Crippen LogP contribution in [0.25, 0.3) is 11.0 Å². The molecule has 0 fully saturated rings. The number of rotatable bonds is 2. The molecule has 0 N–H and O–H groups in total. The van der Waals surface area contributed by atoms with Crippen LogP contribution in [-0.2, 0) is 29.0 Å². The fourth-order valence-electron chi connectivity index (χ4n) is 2.59. The standard InChI is InChI=1S/C15H14O4/c1-9(16)18-8-12-7-15(17)19-14-6-11-4-2-3-10(11)5-13(12)14/h5-7H,2-4,8H2,1H3. The van der Waals surface area contributed by atoms with Gasteiger partial charge >= 0.3 is 11.6 Å². The SMILES string of the molecule is CC(=O)OCc1cc(=O)oc2cc3c(cc12)CCC3. The van der Waals surface area contributed by atoms with Crippen LogP contribution in [0, 0.1) is 0 Å². The molecule has 98 valence electrons. The molecule has 1 aliphatic carbocycles. The van der Waals surface area contributed by atoms with Crippen LogP contribution in [0.5, 0.6) is 0 Å². The first-order valence-corrected chi connectivity index (χ1v) is 6.35. The van der Waals surface area contributed by atoms with E-state index in [9.17, 15) is 9.59 Å². The average molecular weight is 258 g/mol. The summed E-state index contributed by atoms with van der Waals surface area (Å²) in [5.41, 5.74) is 3.42. The molecule has 19 heavy (non-hydrogen) atoms. The normalized spacial score (nSPS) is 13.5. The molecule has 0 unspecified atom stereocenters. The first-order valence-electron chi connectivity index (χ1n) is 6.35. The molecule has 0 amide bonds. The number of aryl methyl sites for hydroxylation is 2. The van der Waals surface area contributed by atoms with Crippen molar-refractivity contribution >= 4 is 16.9 Å². The van der Waals surface area contributed by atoms with E-state index in [2.05, 4.69) is 6.07 Å². The van der Waals surface area contributed by atoms with Crippen molar-refractivity contribution in [1.29, 1.82) is 0 Å². The molecule has 2 aromatic rings. The van der Waals surface area contributed by atoms with Crippen LogP contribution < -0.4 is 5.63 Å². The van der Waals surface area contributed by atoms with Gasteiger partial charge in [-0.15, -0.1) is 0 Å². The third-order valence-electron chi connectivity index (χ3n) is 3.47. The number of carbonyl (C=O) groups is 1. The Morgan fingerprint density at radius 1 is 1.26 bits per heavy atom. The highest BCUT2D eigenvalue weighted by Crippen LogP contribution is 2.28. The van der Waals surface area contributed by atoms with Crippen LogP contribution in [0.1, 0.15) is 30.0 Å². The fraction of sp³-hybridized carbons (Fsp3) is 0.333. The number of carbonyl (C=O) groups excluding carboxylic acids is 1. The van der Waals surface area contributed by atoms with Gasteiger partial charge in [0, 0.05) is 23.9 Å². The lowest BCUT2D eigenvalue weighted by atomic mass is 10.0. The summed E-state index contributed by atoms with van der Waals surface area (Å²) < 4.78 is 10.2. The highest BCUT2D eigenvalue weighted by atomic mass is 16.5. The van der Waals surface area contributed by atoms with E-state index in [1.165, 1.54) is 24.1 Å². The summed E-state index contributed by atoms with van der Waals surface area (Å²) in [5, 5.41) is 0.863. The van der Waals surface area contributed by atoms with Crippen LogP contribution in [0.4, 0.5) is 0 Å². The second-order valence-corrected chi connectivity index (χ2v) is 4.84. The molecule has 0 aliphatic heterocycles. The van der Waals surface area contributed by atoms with Crippen molar-refractivity contribution in [3.63, 3.8) is 0 Å². The minimum Gasteiger partial charge on any atom is -0.461 e. The molecule has 0 atom stereocenters. The molecule has 1 aliphatic rings. The predicted octanol–water partition coefficient (Wildman–Crippen LogP) is 2.34. The topological polar surface area (TPSA) is 56.5 Å². The van der Waals surface area contributed by atoms with E-state index < -0.39 is 5.63 Å². The second-order valence-electron chi connectivity index (χ2n) is 4.84. The Hall–Kier alpha value is -2.10. The van der Waals surface area contributed by atoms with Crippen molar-refractivity contribution in [1.82, 2.24) is 0 Å². The summed E-state index contributed by atoms with van der Waals surface area (Å²) in [6.07, 6.45) is 3.22. The maximum absolute atomic E-state index is 11.5. The van der Waals surface area contributed by atoms with Crippen LogP contribution in [-0.4, -0.2) is 5.97 Å². The number of hydrogen-bond donors (Lipinski definition) is 0. The minimum absolute atomic E-state index is 0.107. The van der Waals surface area contributed by atoms with Crippen LogP contribution in [0.2, 0.25) is 0 Å². The lowest BCUT2D eigenvalue weighted by Gasteiger charge is -2.08. The Labute approximate surface area is 110 Å². The highest BCUT2D eigenvalue weighted by Gasteiger charge is 2.15. The summed E-state index contributed by atoms with van der Waals surface area (Å²) in [4.78, 5) is 22.4. The van der Waals surface area contributed by atoms with Gasteiger partial charge in [-0.3, -0.25) is 4.79 Å². The maximum Gasteiger partial charge on any atom is 0.336 e. The van der Waals surface area contributed by atoms with E-state index in [0.29, 0.717) is 11.1 Å². The van der Waals surface area contributed by atoms with Crippen LogP contribution in [0.15, 0.2) is 27.4 Å². The summed E-state index contributed by atoms with van der Waals surface area (Å²) in [6, 6.07) is 5.39. The Morgan fingerprint density at radius 2 is 2.00 bits per heavy atom. The Morgan fingerprint density at radius 3 is 2.74 bits per heavy atom. The zero-order chi connectivity index (χ0) is 13.4. The molecule has 0 spiro atoms. The third-order valence-corrected chi connectivity index (χ3v) is 3.47. The molecule has 3 rings (SSSR count). The number of fused-ring (bicyclic) bond motifs is 2. The Kier molecular flexibility index (Phi) is 2.85. The molecular weight excluding hydrogens is 244 g/mol. The number of hydrogen-bond acceptors (Lipinski definition) is 4.